The monoisotopic (exact) mass is 292 g/mol. The van der Waals surface area contributed by atoms with E-state index in [0.717, 1.165) is 22.8 Å². The zero-order valence-electron chi connectivity index (χ0n) is 10.9. The van der Waals surface area contributed by atoms with E-state index in [-0.39, 0.29) is 12.2 Å². The third-order valence-corrected chi connectivity index (χ3v) is 3.46. The molecule has 1 unspecified atom stereocenters. The quantitative estimate of drug-likeness (QED) is 0.811. The van der Waals surface area contributed by atoms with Gasteiger partial charge < -0.3 is 14.2 Å². The summed E-state index contributed by atoms with van der Waals surface area (Å²) in [6.07, 6.45) is 2.05. The molecule has 0 aliphatic carbocycles. The summed E-state index contributed by atoms with van der Waals surface area (Å²) in [5.74, 6) is 2.01. The van der Waals surface area contributed by atoms with Gasteiger partial charge in [0, 0.05) is 18.2 Å². The smallest absolute Gasteiger partial charge is 0.231 e. The number of aromatic nitrogens is 2. The van der Waals surface area contributed by atoms with Gasteiger partial charge in [0.25, 0.3) is 0 Å². The van der Waals surface area contributed by atoms with Crippen molar-refractivity contribution in [2.75, 3.05) is 13.9 Å². The minimum atomic E-state index is -0.205. The third kappa shape index (κ3) is 2.63. The Balaban J connectivity index is 1.77. The molecule has 0 amide bonds. The van der Waals surface area contributed by atoms with Crippen molar-refractivity contribution >= 4 is 11.6 Å². The Hall–Kier alpha value is -2.01. The zero-order valence-corrected chi connectivity index (χ0v) is 11.6. The summed E-state index contributed by atoms with van der Waals surface area (Å²) >= 11 is 6.44. The van der Waals surface area contributed by atoms with Gasteiger partial charge in [-0.05, 0) is 17.7 Å². The molecule has 6 heteroatoms. The summed E-state index contributed by atoms with van der Waals surface area (Å²) in [4.78, 5) is 8.17. The number of methoxy groups -OCH3 is 1. The molecule has 2 aromatic rings. The van der Waals surface area contributed by atoms with Crippen molar-refractivity contribution in [3.8, 4) is 17.4 Å². The van der Waals surface area contributed by atoms with Crippen LogP contribution in [0.15, 0.2) is 30.6 Å². The lowest BCUT2D eigenvalue weighted by molar-refractivity contribution is 0.174. The van der Waals surface area contributed by atoms with E-state index >= 15 is 0 Å². The Labute approximate surface area is 121 Å². The summed E-state index contributed by atoms with van der Waals surface area (Å²) in [7, 11) is 1.57. The Morgan fingerprint density at radius 3 is 2.95 bits per heavy atom. The van der Waals surface area contributed by atoms with E-state index < -0.39 is 0 Å². The van der Waals surface area contributed by atoms with Gasteiger partial charge in [0.2, 0.25) is 12.7 Å². The van der Waals surface area contributed by atoms with Gasteiger partial charge in [-0.15, -0.1) is 11.6 Å². The first-order chi connectivity index (χ1) is 9.76. The summed E-state index contributed by atoms with van der Waals surface area (Å²) in [6.45, 7) is 0.259. The lowest BCUT2D eigenvalue weighted by atomic mass is 10.1. The van der Waals surface area contributed by atoms with Gasteiger partial charge >= 0.3 is 0 Å². The fourth-order valence-electron chi connectivity index (χ4n) is 2.01. The first kappa shape index (κ1) is 13.0. The number of alkyl halides is 1. The largest absolute Gasteiger partial charge is 0.481 e. The topological polar surface area (TPSA) is 53.5 Å². The van der Waals surface area contributed by atoms with Crippen molar-refractivity contribution in [2.45, 2.75) is 11.8 Å². The molecule has 0 spiro atoms. The van der Waals surface area contributed by atoms with Crippen LogP contribution in [-0.2, 0) is 6.42 Å². The van der Waals surface area contributed by atoms with Crippen LogP contribution < -0.4 is 14.2 Å². The SMILES string of the molecule is COc1cc(CC(Cl)c2ccc3c(c2)OCO3)ncn1. The van der Waals surface area contributed by atoms with E-state index in [0.29, 0.717) is 12.3 Å². The van der Waals surface area contributed by atoms with Crippen molar-refractivity contribution < 1.29 is 14.2 Å². The Kier molecular flexibility index (Phi) is 3.60. The molecule has 0 saturated carbocycles. The van der Waals surface area contributed by atoms with Crippen molar-refractivity contribution in [2.24, 2.45) is 0 Å². The first-order valence-corrected chi connectivity index (χ1v) is 6.58. The van der Waals surface area contributed by atoms with Crippen LogP contribution in [0.3, 0.4) is 0 Å². The molecule has 1 aromatic heterocycles. The zero-order chi connectivity index (χ0) is 13.9. The number of rotatable bonds is 4. The van der Waals surface area contributed by atoms with Crippen LogP contribution in [0.2, 0.25) is 0 Å². The number of halogens is 1. The second-order valence-electron chi connectivity index (χ2n) is 4.34. The number of nitrogens with zero attached hydrogens (tertiary/aromatic N) is 2. The summed E-state index contributed by atoms with van der Waals surface area (Å²) < 4.78 is 15.7. The first-order valence-electron chi connectivity index (χ1n) is 6.15. The summed E-state index contributed by atoms with van der Waals surface area (Å²) in [6, 6.07) is 7.48. The van der Waals surface area contributed by atoms with Crippen LogP contribution in [0, 0.1) is 0 Å². The summed E-state index contributed by atoms with van der Waals surface area (Å²) in [5, 5.41) is -0.205. The molecular formula is C14H13ClN2O3. The van der Waals surface area contributed by atoms with Crippen LogP contribution >= 0.6 is 11.6 Å². The minimum absolute atomic E-state index is 0.205. The van der Waals surface area contributed by atoms with Crippen molar-refractivity contribution in [3.63, 3.8) is 0 Å². The molecule has 5 nitrogen and oxygen atoms in total. The Morgan fingerprint density at radius 1 is 1.25 bits per heavy atom. The van der Waals surface area contributed by atoms with Gasteiger partial charge in [0.15, 0.2) is 11.5 Å². The van der Waals surface area contributed by atoms with E-state index in [9.17, 15) is 0 Å². The standard InChI is InChI=1S/C14H13ClN2O3/c1-18-14-6-10(16-7-17-14)5-11(15)9-2-3-12-13(4-9)20-8-19-12/h2-4,6-7,11H,5,8H2,1H3. The minimum Gasteiger partial charge on any atom is -0.481 e. The van der Waals surface area contributed by atoms with Crippen LogP contribution in [-0.4, -0.2) is 23.9 Å². The van der Waals surface area contributed by atoms with Gasteiger partial charge in [-0.25, -0.2) is 9.97 Å². The van der Waals surface area contributed by atoms with Gasteiger partial charge in [-0.1, -0.05) is 6.07 Å². The predicted molar refractivity (Wildman–Crippen MR) is 73.4 cm³/mol. The molecular weight excluding hydrogens is 280 g/mol. The highest BCUT2D eigenvalue weighted by Crippen LogP contribution is 2.36. The molecule has 0 saturated heterocycles. The average Bonchev–Trinajstić information content (AvgIpc) is 2.94. The average molecular weight is 293 g/mol. The van der Waals surface area contributed by atoms with Gasteiger partial charge in [-0.2, -0.15) is 0 Å². The molecule has 0 bridgehead atoms. The normalized spacial score (nSPS) is 14.1. The third-order valence-electron chi connectivity index (χ3n) is 3.05. The van der Waals surface area contributed by atoms with E-state index in [1.165, 1.54) is 6.33 Å². The maximum Gasteiger partial charge on any atom is 0.231 e. The van der Waals surface area contributed by atoms with Gasteiger partial charge in [-0.3, -0.25) is 0 Å². The van der Waals surface area contributed by atoms with Crippen LogP contribution in [0.1, 0.15) is 16.6 Å². The second-order valence-corrected chi connectivity index (χ2v) is 4.86. The summed E-state index contributed by atoms with van der Waals surface area (Å²) in [5.41, 5.74) is 1.79. The molecule has 3 rings (SSSR count). The number of ether oxygens (including phenoxy) is 3. The molecule has 1 aliphatic rings. The fraction of sp³-hybridized carbons (Fsp3) is 0.286. The van der Waals surface area contributed by atoms with E-state index in [2.05, 4.69) is 9.97 Å². The second kappa shape index (κ2) is 5.54. The predicted octanol–water partition coefficient (Wildman–Crippen LogP) is 2.74. The molecule has 0 fully saturated rings. The molecule has 2 heterocycles. The van der Waals surface area contributed by atoms with Crippen molar-refractivity contribution in [1.82, 2.24) is 9.97 Å². The maximum absolute atomic E-state index is 6.44. The molecule has 104 valence electrons. The van der Waals surface area contributed by atoms with E-state index in [1.807, 2.05) is 18.2 Å². The lowest BCUT2D eigenvalue weighted by Crippen LogP contribution is -2.00. The number of hydrogen-bond donors (Lipinski definition) is 0. The van der Waals surface area contributed by atoms with Crippen LogP contribution in [0.4, 0.5) is 0 Å². The van der Waals surface area contributed by atoms with Gasteiger partial charge in [0.1, 0.15) is 6.33 Å². The highest BCUT2D eigenvalue weighted by atomic mass is 35.5. The lowest BCUT2D eigenvalue weighted by Gasteiger charge is -2.10. The molecule has 1 aliphatic heterocycles. The molecule has 0 radical (unpaired) electrons. The highest BCUT2D eigenvalue weighted by molar-refractivity contribution is 6.20. The molecule has 1 aromatic carbocycles. The molecule has 0 N–H and O–H groups in total. The number of hydrogen-bond acceptors (Lipinski definition) is 5. The van der Waals surface area contributed by atoms with E-state index in [4.69, 9.17) is 25.8 Å². The Bertz CT molecular complexity index is 621. The van der Waals surface area contributed by atoms with Crippen molar-refractivity contribution in [1.29, 1.82) is 0 Å². The molecule has 20 heavy (non-hydrogen) atoms. The maximum atomic E-state index is 6.44. The number of fused-ring (bicyclic) bond motifs is 1. The fourth-order valence-corrected chi connectivity index (χ4v) is 2.30. The van der Waals surface area contributed by atoms with E-state index in [1.54, 1.807) is 13.2 Å². The van der Waals surface area contributed by atoms with Gasteiger partial charge in [0.05, 0.1) is 12.5 Å². The van der Waals surface area contributed by atoms with Crippen molar-refractivity contribution in [3.05, 3.63) is 41.9 Å². The highest BCUT2D eigenvalue weighted by Gasteiger charge is 2.17. The molecule has 1 atom stereocenters. The Morgan fingerprint density at radius 2 is 2.10 bits per heavy atom. The number of benzene rings is 1. The van der Waals surface area contributed by atoms with Crippen LogP contribution in [0.25, 0.3) is 0 Å². The van der Waals surface area contributed by atoms with Crippen LogP contribution in [0.5, 0.6) is 17.4 Å².